The topological polar surface area (TPSA) is 42.1 Å². The molecule has 18 heavy (non-hydrogen) atoms. The molecule has 1 fully saturated rings. The van der Waals surface area contributed by atoms with Crippen LogP contribution < -0.4 is 5.73 Å². The van der Waals surface area contributed by atoms with Crippen molar-refractivity contribution in [2.75, 3.05) is 19.3 Å². The molecule has 0 atom stereocenters. The zero-order valence-corrected chi connectivity index (χ0v) is 11.6. The lowest BCUT2D eigenvalue weighted by atomic mass is 9.87. The molecule has 0 aliphatic heterocycles. The number of hydrogen-bond acceptors (Lipinski definition) is 3. The molecule has 0 aromatic carbocycles. The molecule has 1 aliphatic rings. The largest absolute Gasteiger partial charge is 0.397 e. The number of likely N-dealkylation sites (N-methyl/N-ethyl adjacent to an activating group) is 1. The number of nitrogen functional groups attached to an aromatic ring is 1. The van der Waals surface area contributed by atoms with Gasteiger partial charge in [-0.3, -0.25) is 4.98 Å². The molecule has 2 N–H and O–H groups in total. The van der Waals surface area contributed by atoms with Crippen LogP contribution in [0.4, 0.5) is 5.69 Å². The summed E-state index contributed by atoms with van der Waals surface area (Å²) in [5.74, 6) is 0.924. The van der Waals surface area contributed by atoms with Gasteiger partial charge < -0.3 is 10.6 Å². The summed E-state index contributed by atoms with van der Waals surface area (Å²) < 4.78 is 0. The SMILES string of the molecule is CC1CCC(N(C)CCc2ccc(N)cn2)CC1. The number of nitrogens with zero attached hydrogens (tertiary/aromatic N) is 2. The summed E-state index contributed by atoms with van der Waals surface area (Å²) in [6.07, 6.45) is 8.24. The van der Waals surface area contributed by atoms with E-state index in [0.29, 0.717) is 0 Å². The zero-order chi connectivity index (χ0) is 13.0. The van der Waals surface area contributed by atoms with E-state index >= 15 is 0 Å². The average molecular weight is 247 g/mol. The molecule has 2 rings (SSSR count). The van der Waals surface area contributed by atoms with Crippen LogP contribution in [-0.4, -0.2) is 29.5 Å². The van der Waals surface area contributed by atoms with E-state index in [2.05, 4.69) is 23.9 Å². The van der Waals surface area contributed by atoms with Crippen molar-refractivity contribution in [1.29, 1.82) is 0 Å². The molecule has 1 saturated carbocycles. The summed E-state index contributed by atoms with van der Waals surface area (Å²) in [7, 11) is 2.25. The molecule has 0 radical (unpaired) electrons. The van der Waals surface area contributed by atoms with E-state index in [0.717, 1.165) is 36.3 Å². The highest BCUT2D eigenvalue weighted by Crippen LogP contribution is 2.26. The van der Waals surface area contributed by atoms with Crippen LogP contribution in [0.5, 0.6) is 0 Å². The Bertz CT molecular complexity index is 353. The molecule has 0 spiro atoms. The van der Waals surface area contributed by atoms with E-state index in [1.54, 1.807) is 6.20 Å². The minimum Gasteiger partial charge on any atom is -0.397 e. The number of anilines is 1. The van der Waals surface area contributed by atoms with Crippen LogP contribution in [0.1, 0.15) is 38.3 Å². The Labute approximate surface area is 110 Å². The van der Waals surface area contributed by atoms with Gasteiger partial charge in [0.05, 0.1) is 11.9 Å². The second kappa shape index (κ2) is 6.19. The first-order valence-electron chi connectivity index (χ1n) is 7.06. The molecule has 100 valence electrons. The Morgan fingerprint density at radius 2 is 2.00 bits per heavy atom. The van der Waals surface area contributed by atoms with Crippen molar-refractivity contribution < 1.29 is 0 Å². The van der Waals surface area contributed by atoms with Gasteiger partial charge in [-0.05, 0) is 50.8 Å². The zero-order valence-electron chi connectivity index (χ0n) is 11.6. The van der Waals surface area contributed by atoms with Crippen molar-refractivity contribution in [2.24, 2.45) is 5.92 Å². The maximum absolute atomic E-state index is 5.64. The van der Waals surface area contributed by atoms with Crippen LogP contribution in [0.15, 0.2) is 18.3 Å². The molecule has 3 nitrogen and oxygen atoms in total. The van der Waals surface area contributed by atoms with Gasteiger partial charge in [-0.25, -0.2) is 0 Å². The number of rotatable bonds is 4. The molecular formula is C15H25N3. The van der Waals surface area contributed by atoms with Gasteiger partial charge in [-0.1, -0.05) is 6.92 Å². The minimum absolute atomic E-state index is 0.744. The van der Waals surface area contributed by atoms with Gasteiger partial charge in [0.15, 0.2) is 0 Å². The van der Waals surface area contributed by atoms with Crippen molar-refractivity contribution in [2.45, 2.75) is 45.1 Å². The predicted molar refractivity (Wildman–Crippen MR) is 76.4 cm³/mol. The number of hydrogen-bond donors (Lipinski definition) is 1. The molecule has 1 aromatic rings. The highest BCUT2D eigenvalue weighted by Gasteiger charge is 2.21. The van der Waals surface area contributed by atoms with Crippen LogP contribution >= 0.6 is 0 Å². The average Bonchev–Trinajstić information content (AvgIpc) is 2.38. The standard InChI is InChI=1S/C15H25N3/c1-12-3-7-15(8-4-12)18(2)10-9-14-6-5-13(16)11-17-14/h5-6,11-12,15H,3-4,7-10,16H2,1-2H3. The van der Waals surface area contributed by atoms with Crippen molar-refractivity contribution in [3.63, 3.8) is 0 Å². The van der Waals surface area contributed by atoms with Crippen molar-refractivity contribution >= 4 is 5.69 Å². The van der Waals surface area contributed by atoms with Crippen molar-refractivity contribution in [3.8, 4) is 0 Å². The van der Waals surface area contributed by atoms with Crippen LogP contribution in [0.3, 0.4) is 0 Å². The quantitative estimate of drug-likeness (QED) is 0.889. The molecule has 0 amide bonds. The summed E-state index contributed by atoms with van der Waals surface area (Å²) in [5.41, 5.74) is 7.52. The Morgan fingerprint density at radius 3 is 2.61 bits per heavy atom. The fourth-order valence-corrected chi connectivity index (χ4v) is 2.74. The summed E-state index contributed by atoms with van der Waals surface area (Å²) in [5, 5.41) is 0. The van der Waals surface area contributed by atoms with Crippen LogP contribution in [0.25, 0.3) is 0 Å². The third-order valence-electron chi connectivity index (χ3n) is 4.18. The second-order valence-corrected chi connectivity index (χ2v) is 5.73. The maximum atomic E-state index is 5.64. The molecule has 1 aliphatic carbocycles. The summed E-state index contributed by atoms with van der Waals surface area (Å²) in [6.45, 7) is 3.46. The molecule has 1 heterocycles. The first-order chi connectivity index (χ1) is 8.65. The van der Waals surface area contributed by atoms with Crippen molar-refractivity contribution in [1.82, 2.24) is 9.88 Å². The highest BCUT2D eigenvalue weighted by atomic mass is 15.1. The smallest absolute Gasteiger partial charge is 0.0501 e. The van der Waals surface area contributed by atoms with Gasteiger partial charge in [-0.2, -0.15) is 0 Å². The number of pyridine rings is 1. The molecule has 1 aromatic heterocycles. The van der Waals surface area contributed by atoms with Gasteiger partial charge in [0.25, 0.3) is 0 Å². The van der Waals surface area contributed by atoms with E-state index in [4.69, 9.17) is 5.73 Å². The molecular weight excluding hydrogens is 222 g/mol. The van der Waals surface area contributed by atoms with Crippen molar-refractivity contribution in [3.05, 3.63) is 24.0 Å². The van der Waals surface area contributed by atoms with E-state index in [1.165, 1.54) is 25.7 Å². The molecule has 0 saturated heterocycles. The van der Waals surface area contributed by atoms with Crippen LogP contribution in [0, 0.1) is 5.92 Å². The summed E-state index contributed by atoms with van der Waals surface area (Å²) in [4.78, 5) is 6.86. The fraction of sp³-hybridized carbons (Fsp3) is 0.667. The lowest BCUT2D eigenvalue weighted by Crippen LogP contribution is -2.36. The normalized spacial score (nSPS) is 24.4. The molecule has 3 heteroatoms. The lowest BCUT2D eigenvalue weighted by Gasteiger charge is -2.33. The Balaban J connectivity index is 1.77. The highest BCUT2D eigenvalue weighted by molar-refractivity contribution is 5.34. The Hall–Kier alpha value is -1.09. The number of aromatic nitrogens is 1. The Morgan fingerprint density at radius 1 is 1.28 bits per heavy atom. The molecule has 0 unspecified atom stereocenters. The maximum Gasteiger partial charge on any atom is 0.0501 e. The number of nitrogens with two attached hydrogens (primary N) is 1. The van der Waals surface area contributed by atoms with Gasteiger partial charge >= 0.3 is 0 Å². The van der Waals surface area contributed by atoms with E-state index < -0.39 is 0 Å². The second-order valence-electron chi connectivity index (χ2n) is 5.73. The van der Waals surface area contributed by atoms with Gasteiger partial charge in [0, 0.05) is 24.7 Å². The summed E-state index contributed by atoms with van der Waals surface area (Å²) in [6, 6.07) is 4.74. The van der Waals surface area contributed by atoms with E-state index in [1.807, 2.05) is 12.1 Å². The summed E-state index contributed by atoms with van der Waals surface area (Å²) >= 11 is 0. The fourth-order valence-electron chi connectivity index (χ4n) is 2.74. The van der Waals surface area contributed by atoms with Gasteiger partial charge in [0.2, 0.25) is 0 Å². The van der Waals surface area contributed by atoms with E-state index in [-0.39, 0.29) is 0 Å². The lowest BCUT2D eigenvalue weighted by molar-refractivity contribution is 0.171. The van der Waals surface area contributed by atoms with Crippen LogP contribution in [0.2, 0.25) is 0 Å². The monoisotopic (exact) mass is 247 g/mol. The third kappa shape index (κ3) is 3.70. The van der Waals surface area contributed by atoms with Gasteiger partial charge in [-0.15, -0.1) is 0 Å². The first kappa shape index (κ1) is 13.3. The van der Waals surface area contributed by atoms with Crippen LogP contribution in [-0.2, 0) is 6.42 Å². The minimum atomic E-state index is 0.744. The Kier molecular flexibility index (Phi) is 4.59. The first-order valence-corrected chi connectivity index (χ1v) is 7.06. The predicted octanol–water partition coefficient (Wildman–Crippen LogP) is 2.72. The van der Waals surface area contributed by atoms with E-state index in [9.17, 15) is 0 Å². The van der Waals surface area contributed by atoms with Gasteiger partial charge in [0.1, 0.15) is 0 Å². The third-order valence-corrected chi connectivity index (χ3v) is 4.18. The molecule has 0 bridgehead atoms.